The van der Waals surface area contributed by atoms with E-state index in [1.165, 1.54) is 0 Å². The van der Waals surface area contributed by atoms with Gasteiger partial charge in [-0.3, -0.25) is 14.6 Å². The number of imidazole rings is 1. The summed E-state index contributed by atoms with van der Waals surface area (Å²) in [5.41, 5.74) is 0. The number of carbonyl (C=O) groups is 1. The highest BCUT2D eigenvalue weighted by atomic mass is 16.2. The normalized spacial score (nSPS) is 20.9. The van der Waals surface area contributed by atoms with Crippen LogP contribution in [-0.2, 0) is 4.79 Å². The maximum Gasteiger partial charge on any atom is 0.236 e. The van der Waals surface area contributed by atoms with E-state index in [0.717, 1.165) is 18.9 Å². The molecule has 1 aromatic heterocycles. The van der Waals surface area contributed by atoms with Crippen LogP contribution in [0.5, 0.6) is 0 Å². The molecule has 0 bridgehead atoms. The zero-order chi connectivity index (χ0) is 14.7. The molecule has 1 amide bonds. The van der Waals surface area contributed by atoms with Crippen molar-refractivity contribution in [3.05, 3.63) is 18.2 Å². The van der Waals surface area contributed by atoms with Gasteiger partial charge in [-0.15, -0.1) is 0 Å². The van der Waals surface area contributed by atoms with Crippen LogP contribution in [0.25, 0.3) is 0 Å². The van der Waals surface area contributed by atoms with Crippen LogP contribution < -0.4 is 0 Å². The molecule has 2 rings (SSSR count). The third kappa shape index (κ3) is 3.37. The van der Waals surface area contributed by atoms with Crippen molar-refractivity contribution < 1.29 is 4.79 Å². The van der Waals surface area contributed by atoms with Gasteiger partial charge in [0.1, 0.15) is 5.82 Å². The van der Waals surface area contributed by atoms with Gasteiger partial charge in [-0.2, -0.15) is 0 Å². The summed E-state index contributed by atoms with van der Waals surface area (Å²) in [6.45, 7) is 7.05. The molecule has 1 atom stereocenters. The number of rotatable bonds is 4. The second-order valence-electron chi connectivity index (χ2n) is 5.82. The van der Waals surface area contributed by atoms with E-state index in [-0.39, 0.29) is 11.9 Å². The van der Waals surface area contributed by atoms with Crippen LogP contribution in [0.1, 0.15) is 25.7 Å². The summed E-state index contributed by atoms with van der Waals surface area (Å²) in [6.07, 6.45) is 3.59. The molecule has 0 unspecified atom stereocenters. The summed E-state index contributed by atoms with van der Waals surface area (Å²) in [7, 11) is 4.07. The molecule has 0 aromatic carbocycles. The number of hydrogen-bond acceptors (Lipinski definition) is 4. The molecule has 0 aliphatic carbocycles. The molecule has 1 fully saturated rings. The number of nitrogens with one attached hydrogen (secondary N) is 1. The average Bonchev–Trinajstić information content (AvgIpc) is 2.92. The molecule has 1 aromatic rings. The number of H-pyrrole nitrogens is 1. The van der Waals surface area contributed by atoms with Gasteiger partial charge in [-0.05, 0) is 27.9 Å². The molecule has 1 saturated heterocycles. The predicted octanol–water partition coefficient (Wildman–Crippen LogP) is 0.565. The van der Waals surface area contributed by atoms with Crippen molar-refractivity contribution in [2.24, 2.45) is 0 Å². The van der Waals surface area contributed by atoms with E-state index in [4.69, 9.17) is 0 Å². The van der Waals surface area contributed by atoms with Crippen molar-refractivity contribution in [1.82, 2.24) is 24.7 Å². The van der Waals surface area contributed by atoms with Crippen molar-refractivity contribution in [2.75, 3.05) is 40.3 Å². The molecule has 112 valence electrons. The summed E-state index contributed by atoms with van der Waals surface area (Å²) >= 11 is 0. The zero-order valence-corrected chi connectivity index (χ0v) is 12.8. The maximum atomic E-state index is 12.4. The molecular weight excluding hydrogens is 254 g/mol. The molecule has 1 N–H and O–H groups in total. The molecule has 1 aliphatic heterocycles. The third-order valence-electron chi connectivity index (χ3n) is 4.10. The highest BCUT2D eigenvalue weighted by Gasteiger charge is 2.30. The second-order valence-corrected chi connectivity index (χ2v) is 5.82. The fourth-order valence-corrected chi connectivity index (χ4v) is 2.35. The number of amides is 1. The Labute approximate surface area is 120 Å². The lowest BCUT2D eigenvalue weighted by atomic mass is 10.1. The maximum absolute atomic E-state index is 12.4. The molecule has 0 radical (unpaired) electrons. The van der Waals surface area contributed by atoms with Gasteiger partial charge < -0.3 is 9.88 Å². The van der Waals surface area contributed by atoms with Crippen LogP contribution in [0.3, 0.4) is 0 Å². The highest BCUT2D eigenvalue weighted by molar-refractivity contribution is 5.78. The minimum atomic E-state index is 0.159. The fourth-order valence-electron chi connectivity index (χ4n) is 2.35. The first-order valence-electron chi connectivity index (χ1n) is 7.16. The first-order valence-corrected chi connectivity index (χ1v) is 7.16. The summed E-state index contributed by atoms with van der Waals surface area (Å²) in [5.74, 6) is 1.13. The van der Waals surface area contributed by atoms with Gasteiger partial charge in [-0.25, -0.2) is 4.98 Å². The lowest BCUT2D eigenvalue weighted by Gasteiger charge is -2.39. The Morgan fingerprint density at radius 2 is 2.30 bits per heavy atom. The molecule has 0 spiro atoms. The van der Waals surface area contributed by atoms with Gasteiger partial charge in [0.2, 0.25) is 5.91 Å². The third-order valence-corrected chi connectivity index (χ3v) is 4.10. The number of likely N-dealkylation sites (N-methyl/N-ethyl adjacent to an activating group) is 2. The SMILES string of the molecule is CC(C)N(C)CC(=O)N1CCN(C)[C@H](c2ncc[nH]2)C1. The van der Waals surface area contributed by atoms with Crippen LogP contribution in [0.2, 0.25) is 0 Å². The van der Waals surface area contributed by atoms with Crippen LogP contribution in [0, 0.1) is 0 Å². The minimum absolute atomic E-state index is 0.159. The topological polar surface area (TPSA) is 55.5 Å². The Hall–Kier alpha value is -1.40. The summed E-state index contributed by atoms with van der Waals surface area (Å²) in [6, 6.07) is 0.541. The Morgan fingerprint density at radius 1 is 1.55 bits per heavy atom. The standard InChI is InChI=1S/C14H25N5O/c1-11(2)18(4)10-13(20)19-8-7-17(3)12(9-19)14-15-5-6-16-14/h5-6,11-12H,7-10H2,1-4H3,(H,15,16)/t12-/m0/s1. The number of aromatic nitrogens is 2. The van der Waals surface area contributed by atoms with Crippen LogP contribution >= 0.6 is 0 Å². The number of carbonyl (C=O) groups excluding carboxylic acids is 1. The van der Waals surface area contributed by atoms with E-state index in [1.807, 2.05) is 18.1 Å². The van der Waals surface area contributed by atoms with Crippen molar-refractivity contribution in [1.29, 1.82) is 0 Å². The van der Waals surface area contributed by atoms with Gasteiger partial charge in [0, 0.05) is 38.1 Å². The first kappa shape index (κ1) is 15.0. The first-order chi connectivity index (χ1) is 9.49. The molecule has 6 nitrogen and oxygen atoms in total. The van der Waals surface area contributed by atoms with Crippen LogP contribution in [0.4, 0.5) is 0 Å². The Morgan fingerprint density at radius 3 is 2.90 bits per heavy atom. The average molecular weight is 279 g/mol. The quantitative estimate of drug-likeness (QED) is 0.875. The van der Waals surface area contributed by atoms with E-state index in [0.29, 0.717) is 19.1 Å². The summed E-state index contributed by atoms with van der Waals surface area (Å²) in [4.78, 5) is 26.1. The Balaban J connectivity index is 1.98. The number of piperazine rings is 1. The minimum Gasteiger partial charge on any atom is -0.347 e. The molecule has 2 heterocycles. The van der Waals surface area contributed by atoms with E-state index in [9.17, 15) is 4.79 Å². The van der Waals surface area contributed by atoms with Gasteiger partial charge in [0.15, 0.2) is 0 Å². The van der Waals surface area contributed by atoms with Gasteiger partial charge in [0.05, 0.1) is 12.6 Å². The lowest BCUT2D eigenvalue weighted by molar-refractivity contribution is -0.135. The second kappa shape index (κ2) is 6.37. The predicted molar refractivity (Wildman–Crippen MR) is 78.3 cm³/mol. The summed E-state index contributed by atoms with van der Waals surface area (Å²) in [5, 5.41) is 0. The summed E-state index contributed by atoms with van der Waals surface area (Å²) < 4.78 is 0. The van der Waals surface area contributed by atoms with Crippen molar-refractivity contribution in [3.8, 4) is 0 Å². The smallest absolute Gasteiger partial charge is 0.236 e. The van der Waals surface area contributed by atoms with Gasteiger partial charge >= 0.3 is 0 Å². The largest absolute Gasteiger partial charge is 0.347 e. The van der Waals surface area contributed by atoms with E-state index in [1.54, 1.807) is 6.20 Å². The van der Waals surface area contributed by atoms with E-state index in [2.05, 4.69) is 40.7 Å². The Bertz CT molecular complexity index is 431. The molecule has 20 heavy (non-hydrogen) atoms. The molecule has 6 heteroatoms. The van der Waals surface area contributed by atoms with E-state index >= 15 is 0 Å². The number of nitrogens with zero attached hydrogens (tertiary/aromatic N) is 4. The van der Waals surface area contributed by atoms with Gasteiger partial charge in [0.25, 0.3) is 0 Å². The number of aromatic amines is 1. The lowest BCUT2D eigenvalue weighted by Crippen LogP contribution is -2.51. The van der Waals surface area contributed by atoms with Crippen molar-refractivity contribution in [2.45, 2.75) is 25.9 Å². The van der Waals surface area contributed by atoms with E-state index < -0.39 is 0 Å². The van der Waals surface area contributed by atoms with Crippen molar-refractivity contribution >= 4 is 5.91 Å². The molecular formula is C14H25N5O. The van der Waals surface area contributed by atoms with Crippen LogP contribution in [0.15, 0.2) is 12.4 Å². The fraction of sp³-hybridized carbons (Fsp3) is 0.714. The molecule has 1 aliphatic rings. The zero-order valence-electron chi connectivity index (χ0n) is 12.8. The van der Waals surface area contributed by atoms with Crippen LogP contribution in [-0.4, -0.2) is 76.9 Å². The molecule has 0 saturated carbocycles. The van der Waals surface area contributed by atoms with Gasteiger partial charge in [-0.1, -0.05) is 0 Å². The number of hydrogen-bond donors (Lipinski definition) is 1. The Kier molecular flexibility index (Phi) is 4.77. The van der Waals surface area contributed by atoms with Crippen molar-refractivity contribution in [3.63, 3.8) is 0 Å². The monoisotopic (exact) mass is 279 g/mol. The highest BCUT2D eigenvalue weighted by Crippen LogP contribution is 2.21.